The van der Waals surface area contributed by atoms with E-state index in [-0.39, 0.29) is 11.8 Å². The fourth-order valence-corrected chi connectivity index (χ4v) is 1.94. The molecule has 0 saturated carbocycles. The highest BCUT2D eigenvalue weighted by atomic mass is 79.9. The Morgan fingerprint density at radius 2 is 2.31 bits per heavy atom. The first-order valence-electron chi connectivity index (χ1n) is 4.09. The summed E-state index contributed by atoms with van der Waals surface area (Å²) in [5, 5.41) is 9.62. The third kappa shape index (κ3) is 1.51. The molecule has 1 unspecified atom stereocenters. The Hall–Kier alpha value is -0.740. The maximum Gasteiger partial charge on any atom is 0.128 e. The van der Waals surface area contributed by atoms with Crippen LogP contribution in [0.5, 0.6) is 11.5 Å². The van der Waals surface area contributed by atoms with Crippen LogP contribution in [0.25, 0.3) is 0 Å². The molecule has 1 aliphatic heterocycles. The van der Waals surface area contributed by atoms with E-state index in [9.17, 15) is 5.11 Å². The Morgan fingerprint density at radius 3 is 3.08 bits per heavy atom. The molecule has 1 aromatic carbocycles. The molecule has 13 heavy (non-hydrogen) atoms. The lowest BCUT2D eigenvalue weighted by molar-refractivity contribution is 0.263. The molecule has 0 fully saturated rings. The molecule has 0 radical (unpaired) electrons. The summed E-state index contributed by atoms with van der Waals surface area (Å²) in [7, 11) is 0. The number of hydrogen-bond acceptors (Lipinski definition) is 3. The lowest BCUT2D eigenvalue weighted by Crippen LogP contribution is -2.20. The van der Waals surface area contributed by atoms with Crippen LogP contribution in [0.1, 0.15) is 18.0 Å². The standard InChI is InChI=1S/C9H10BrNO2/c10-5-3-7(12)9-6(11)1-2-13-8(9)4-5/h3-4,6,12H,1-2,11H2. The van der Waals surface area contributed by atoms with Crippen molar-refractivity contribution in [1.82, 2.24) is 0 Å². The largest absolute Gasteiger partial charge is 0.507 e. The van der Waals surface area contributed by atoms with Crippen LogP contribution in [-0.4, -0.2) is 11.7 Å². The first-order chi connectivity index (χ1) is 6.18. The van der Waals surface area contributed by atoms with Gasteiger partial charge in [0, 0.05) is 16.9 Å². The van der Waals surface area contributed by atoms with Crippen LogP contribution in [0.2, 0.25) is 0 Å². The predicted molar refractivity (Wildman–Crippen MR) is 52.8 cm³/mol. The summed E-state index contributed by atoms with van der Waals surface area (Å²) in [4.78, 5) is 0. The highest BCUT2D eigenvalue weighted by Crippen LogP contribution is 2.39. The van der Waals surface area contributed by atoms with Crippen LogP contribution in [0.15, 0.2) is 16.6 Å². The smallest absolute Gasteiger partial charge is 0.128 e. The lowest BCUT2D eigenvalue weighted by atomic mass is 10.0. The summed E-state index contributed by atoms with van der Waals surface area (Å²) < 4.78 is 6.19. The van der Waals surface area contributed by atoms with Crippen LogP contribution < -0.4 is 10.5 Å². The zero-order chi connectivity index (χ0) is 9.42. The minimum absolute atomic E-state index is 0.114. The first-order valence-corrected chi connectivity index (χ1v) is 4.88. The second-order valence-electron chi connectivity index (χ2n) is 3.08. The molecule has 0 bridgehead atoms. The number of aromatic hydroxyl groups is 1. The summed E-state index contributed by atoms with van der Waals surface area (Å²) in [5.74, 6) is 0.891. The summed E-state index contributed by atoms with van der Waals surface area (Å²) in [5.41, 5.74) is 6.56. The van der Waals surface area contributed by atoms with Crippen LogP contribution in [0, 0.1) is 0 Å². The zero-order valence-electron chi connectivity index (χ0n) is 6.96. The number of ether oxygens (including phenoxy) is 1. The Labute approximate surface area is 84.6 Å². The second kappa shape index (κ2) is 3.20. The van der Waals surface area contributed by atoms with Gasteiger partial charge in [-0.15, -0.1) is 0 Å². The molecule has 0 aromatic heterocycles. The number of halogens is 1. The van der Waals surface area contributed by atoms with Crippen molar-refractivity contribution in [1.29, 1.82) is 0 Å². The van der Waals surface area contributed by atoms with Crippen molar-refractivity contribution in [2.75, 3.05) is 6.61 Å². The molecule has 1 heterocycles. The zero-order valence-corrected chi connectivity index (χ0v) is 8.54. The monoisotopic (exact) mass is 243 g/mol. The Balaban J connectivity index is 2.56. The van der Waals surface area contributed by atoms with Crippen molar-refractivity contribution in [3.63, 3.8) is 0 Å². The topological polar surface area (TPSA) is 55.5 Å². The molecular weight excluding hydrogens is 234 g/mol. The van der Waals surface area contributed by atoms with Gasteiger partial charge in [-0.3, -0.25) is 0 Å². The van der Waals surface area contributed by atoms with Gasteiger partial charge in [-0.2, -0.15) is 0 Å². The Kier molecular flexibility index (Phi) is 2.17. The molecule has 70 valence electrons. The Morgan fingerprint density at radius 1 is 1.54 bits per heavy atom. The number of hydrogen-bond donors (Lipinski definition) is 2. The predicted octanol–water partition coefficient (Wildman–Crippen LogP) is 1.94. The van der Waals surface area contributed by atoms with Crippen LogP contribution in [-0.2, 0) is 0 Å². The van der Waals surface area contributed by atoms with E-state index in [0.717, 1.165) is 16.5 Å². The highest BCUT2D eigenvalue weighted by molar-refractivity contribution is 9.10. The van der Waals surface area contributed by atoms with E-state index < -0.39 is 0 Å². The van der Waals surface area contributed by atoms with Crippen molar-refractivity contribution in [3.05, 3.63) is 22.2 Å². The van der Waals surface area contributed by atoms with Gasteiger partial charge in [0.1, 0.15) is 11.5 Å². The minimum Gasteiger partial charge on any atom is -0.507 e. The van der Waals surface area contributed by atoms with E-state index in [4.69, 9.17) is 10.5 Å². The molecule has 1 aliphatic rings. The average molecular weight is 244 g/mol. The average Bonchev–Trinajstić information content (AvgIpc) is 2.02. The summed E-state index contributed by atoms with van der Waals surface area (Å²) in [6.45, 7) is 0.615. The molecular formula is C9H10BrNO2. The Bertz CT molecular complexity index is 341. The highest BCUT2D eigenvalue weighted by Gasteiger charge is 2.22. The van der Waals surface area contributed by atoms with Gasteiger partial charge in [0.2, 0.25) is 0 Å². The quantitative estimate of drug-likeness (QED) is 0.733. The van der Waals surface area contributed by atoms with Crippen LogP contribution in [0.4, 0.5) is 0 Å². The fraction of sp³-hybridized carbons (Fsp3) is 0.333. The number of benzene rings is 1. The maximum atomic E-state index is 9.62. The van der Waals surface area contributed by atoms with Gasteiger partial charge in [0.05, 0.1) is 12.2 Å². The lowest BCUT2D eigenvalue weighted by Gasteiger charge is -2.23. The molecule has 4 heteroatoms. The van der Waals surface area contributed by atoms with Gasteiger partial charge in [-0.1, -0.05) is 15.9 Å². The number of phenolic OH excluding ortho intramolecular Hbond substituents is 1. The first kappa shape index (κ1) is 8.84. The maximum absolute atomic E-state index is 9.62. The number of nitrogens with two attached hydrogens (primary N) is 1. The molecule has 3 N–H and O–H groups in total. The minimum atomic E-state index is -0.114. The summed E-state index contributed by atoms with van der Waals surface area (Å²) in [6.07, 6.45) is 0.752. The SMILES string of the molecule is NC1CCOc2cc(Br)cc(O)c21. The van der Waals surface area contributed by atoms with Gasteiger partial charge in [-0.05, 0) is 12.1 Å². The molecule has 3 nitrogen and oxygen atoms in total. The molecule has 0 spiro atoms. The van der Waals surface area contributed by atoms with Crippen molar-refractivity contribution in [3.8, 4) is 11.5 Å². The van der Waals surface area contributed by atoms with E-state index in [2.05, 4.69) is 15.9 Å². The van der Waals surface area contributed by atoms with Crippen LogP contribution in [0.3, 0.4) is 0 Å². The summed E-state index contributed by atoms with van der Waals surface area (Å²) >= 11 is 3.28. The molecule has 0 saturated heterocycles. The third-order valence-electron chi connectivity index (χ3n) is 2.14. The van der Waals surface area contributed by atoms with Gasteiger partial charge >= 0.3 is 0 Å². The van der Waals surface area contributed by atoms with E-state index in [1.165, 1.54) is 0 Å². The van der Waals surface area contributed by atoms with Gasteiger partial charge in [-0.25, -0.2) is 0 Å². The number of rotatable bonds is 0. The van der Waals surface area contributed by atoms with Crippen molar-refractivity contribution >= 4 is 15.9 Å². The summed E-state index contributed by atoms with van der Waals surface area (Å²) in [6, 6.07) is 3.35. The fourth-order valence-electron chi connectivity index (χ4n) is 1.51. The van der Waals surface area contributed by atoms with Gasteiger partial charge < -0.3 is 15.6 Å². The second-order valence-corrected chi connectivity index (χ2v) is 4.00. The molecule has 2 rings (SSSR count). The molecule has 1 atom stereocenters. The van der Waals surface area contributed by atoms with Crippen molar-refractivity contribution < 1.29 is 9.84 Å². The van der Waals surface area contributed by atoms with E-state index in [1.807, 2.05) is 6.07 Å². The van der Waals surface area contributed by atoms with E-state index in [1.54, 1.807) is 6.07 Å². The van der Waals surface area contributed by atoms with Crippen molar-refractivity contribution in [2.45, 2.75) is 12.5 Å². The molecule has 1 aromatic rings. The van der Waals surface area contributed by atoms with Crippen LogP contribution >= 0.6 is 15.9 Å². The normalized spacial score (nSPS) is 20.6. The van der Waals surface area contributed by atoms with Crippen molar-refractivity contribution in [2.24, 2.45) is 5.73 Å². The number of phenols is 1. The van der Waals surface area contributed by atoms with Gasteiger partial charge in [0.25, 0.3) is 0 Å². The van der Waals surface area contributed by atoms with E-state index in [0.29, 0.717) is 12.4 Å². The molecule has 0 amide bonds. The van der Waals surface area contributed by atoms with E-state index >= 15 is 0 Å². The molecule has 0 aliphatic carbocycles. The third-order valence-corrected chi connectivity index (χ3v) is 2.60. The van der Waals surface area contributed by atoms with Gasteiger partial charge in [0.15, 0.2) is 0 Å². The number of fused-ring (bicyclic) bond motifs is 1.